The molecule has 2 atom stereocenters. The number of carbonyl (C=O) groups is 1. The molecule has 1 aliphatic carbocycles. The second-order valence-electron chi connectivity index (χ2n) is 4.87. The summed E-state index contributed by atoms with van der Waals surface area (Å²) >= 11 is 0. The molecule has 0 bridgehead atoms. The molecule has 1 aliphatic rings. The summed E-state index contributed by atoms with van der Waals surface area (Å²) in [6.07, 6.45) is 2.76. The number of hydrogen-bond donors (Lipinski definition) is 1. The Hall–Kier alpha value is -1.58. The fraction of sp³-hybridized carbons (Fsp3) is 0.571. The van der Waals surface area contributed by atoms with Crippen molar-refractivity contribution in [2.24, 2.45) is 5.92 Å². The van der Waals surface area contributed by atoms with E-state index in [9.17, 15) is 4.79 Å². The zero-order valence-corrected chi connectivity index (χ0v) is 11.3. The molecule has 1 heterocycles. The van der Waals surface area contributed by atoms with Gasteiger partial charge in [-0.25, -0.2) is 4.98 Å². The van der Waals surface area contributed by atoms with E-state index in [0.29, 0.717) is 17.5 Å². The number of nitrogens with zero attached hydrogens (tertiary/aromatic N) is 2. The van der Waals surface area contributed by atoms with Crippen LogP contribution in [0.2, 0.25) is 0 Å². The van der Waals surface area contributed by atoms with E-state index in [-0.39, 0.29) is 5.91 Å². The standard InChI is InChI=1S/C14H21N3O/c1-4-17(5-2)13-7-6-11(9-15-13)14(18)16-12-8-10(12)3/h6-7,9-10,12H,4-5,8H2,1-3H3,(H,16,18)/t10-,12-/m0/s1. The Morgan fingerprint density at radius 3 is 2.56 bits per heavy atom. The van der Waals surface area contributed by atoms with E-state index in [1.165, 1.54) is 0 Å². The SMILES string of the molecule is CCN(CC)c1ccc(C(=O)N[C@H]2C[C@@H]2C)cn1. The summed E-state index contributed by atoms with van der Waals surface area (Å²) in [6, 6.07) is 4.13. The van der Waals surface area contributed by atoms with E-state index >= 15 is 0 Å². The summed E-state index contributed by atoms with van der Waals surface area (Å²) in [4.78, 5) is 18.4. The number of hydrogen-bond acceptors (Lipinski definition) is 3. The molecule has 18 heavy (non-hydrogen) atoms. The Kier molecular flexibility index (Phi) is 3.84. The molecule has 0 unspecified atom stereocenters. The number of anilines is 1. The summed E-state index contributed by atoms with van der Waals surface area (Å²) in [5.74, 6) is 1.54. The van der Waals surface area contributed by atoms with Gasteiger partial charge in [0.25, 0.3) is 5.91 Å². The lowest BCUT2D eigenvalue weighted by molar-refractivity contribution is 0.0949. The number of pyridine rings is 1. The van der Waals surface area contributed by atoms with E-state index in [1.807, 2.05) is 12.1 Å². The van der Waals surface area contributed by atoms with Crippen molar-refractivity contribution < 1.29 is 4.79 Å². The Balaban J connectivity index is 2.00. The van der Waals surface area contributed by atoms with Crippen LogP contribution in [0, 0.1) is 5.92 Å². The first-order valence-electron chi connectivity index (χ1n) is 6.67. The molecule has 1 aromatic rings. The summed E-state index contributed by atoms with van der Waals surface area (Å²) < 4.78 is 0. The molecular formula is C14H21N3O. The zero-order valence-electron chi connectivity index (χ0n) is 11.3. The summed E-state index contributed by atoms with van der Waals surface area (Å²) in [6.45, 7) is 8.19. The molecule has 4 nitrogen and oxygen atoms in total. The van der Waals surface area contributed by atoms with Crippen LogP contribution in [0.1, 0.15) is 37.6 Å². The van der Waals surface area contributed by atoms with Crippen LogP contribution in [-0.4, -0.2) is 30.0 Å². The summed E-state index contributed by atoms with van der Waals surface area (Å²) in [7, 11) is 0. The van der Waals surface area contributed by atoms with Crippen LogP contribution in [-0.2, 0) is 0 Å². The number of nitrogens with one attached hydrogen (secondary N) is 1. The Morgan fingerprint density at radius 2 is 2.11 bits per heavy atom. The zero-order chi connectivity index (χ0) is 13.1. The molecule has 0 aromatic carbocycles. The minimum atomic E-state index is -0.0112. The monoisotopic (exact) mass is 247 g/mol. The van der Waals surface area contributed by atoms with Gasteiger partial charge in [-0.2, -0.15) is 0 Å². The van der Waals surface area contributed by atoms with Crippen LogP contribution in [0.5, 0.6) is 0 Å². The average molecular weight is 247 g/mol. The highest BCUT2D eigenvalue weighted by atomic mass is 16.1. The molecule has 2 rings (SSSR count). The van der Waals surface area contributed by atoms with Crippen LogP contribution in [0.25, 0.3) is 0 Å². The first kappa shape index (κ1) is 12.9. The lowest BCUT2D eigenvalue weighted by atomic mass is 10.2. The molecule has 1 N–H and O–H groups in total. The van der Waals surface area contributed by atoms with E-state index < -0.39 is 0 Å². The maximum Gasteiger partial charge on any atom is 0.253 e. The van der Waals surface area contributed by atoms with Crippen molar-refractivity contribution in [3.05, 3.63) is 23.9 Å². The summed E-state index contributed by atoms with van der Waals surface area (Å²) in [5.41, 5.74) is 0.644. The second kappa shape index (κ2) is 5.38. The van der Waals surface area contributed by atoms with E-state index in [0.717, 1.165) is 25.3 Å². The fourth-order valence-electron chi connectivity index (χ4n) is 2.03. The third-order valence-corrected chi connectivity index (χ3v) is 3.52. The lowest BCUT2D eigenvalue weighted by Crippen LogP contribution is -2.27. The van der Waals surface area contributed by atoms with Crippen LogP contribution in [0.4, 0.5) is 5.82 Å². The summed E-state index contributed by atoms with van der Waals surface area (Å²) in [5, 5.41) is 3.00. The maximum absolute atomic E-state index is 11.9. The number of amides is 1. The van der Waals surface area contributed by atoms with Gasteiger partial charge in [0, 0.05) is 25.3 Å². The molecule has 0 aliphatic heterocycles. The highest BCUT2D eigenvalue weighted by Crippen LogP contribution is 2.29. The molecule has 1 amide bonds. The average Bonchev–Trinajstić information content (AvgIpc) is 3.07. The van der Waals surface area contributed by atoms with E-state index in [2.05, 4.69) is 36.0 Å². The Morgan fingerprint density at radius 1 is 1.44 bits per heavy atom. The topological polar surface area (TPSA) is 45.2 Å². The highest BCUT2D eigenvalue weighted by molar-refractivity contribution is 5.94. The van der Waals surface area contributed by atoms with Crippen LogP contribution in [0.3, 0.4) is 0 Å². The van der Waals surface area contributed by atoms with Gasteiger partial charge in [0.1, 0.15) is 5.82 Å². The third kappa shape index (κ3) is 2.81. The number of rotatable bonds is 5. The molecular weight excluding hydrogens is 226 g/mol. The molecule has 98 valence electrons. The van der Waals surface area contributed by atoms with Gasteiger partial charge < -0.3 is 10.2 Å². The molecule has 1 aromatic heterocycles. The Labute approximate surface area is 108 Å². The van der Waals surface area contributed by atoms with Crippen molar-refractivity contribution in [3.8, 4) is 0 Å². The normalized spacial score (nSPS) is 21.5. The lowest BCUT2D eigenvalue weighted by Gasteiger charge is -2.19. The molecule has 0 saturated heterocycles. The first-order valence-corrected chi connectivity index (χ1v) is 6.67. The smallest absolute Gasteiger partial charge is 0.253 e. The molecule has 0 spiro atoms. The second-order valence-corrected chi connectivity index (χ2v) is 4.87. The first-order chi connectivity index (χ1) is 8.65. The van der Waals surface area contributed by atoms with Gasteiger partial charge in [-0.15, -0.1) is 0 Å². The minimum Gasteiger partial charge on any atom is -0.357 e. The highest BCUT2D eigenvalue weighted by Gasteiger charge is 2.33. The predicted octanol–water partition coefficient (Wildman–Crippen LogP) is 2.07. The van der Waals surface area contributed by atoms with Crippen molar-refractivity contribution in [1.29, 1.82) is 0 Å². The fourth-order valence-corrected chi connectivity index (χ4v) is 2.03. The van der Waals surface area contributed by atoms with Crippen molar-refractivity contribution in [3.63, 3.8) is 0 Å². The number of aromatic nitrogens is 1. The number of carbonyl (C=O) groups excluding carboxylic acids is 1. The molecule has 4 heteroatoms. The maximum atomic E-state index is 11.9. The van der Waals surface area contributed by atoms with Gasteiger partial charge in [0.05, 0.1) is 5.56 Å². The van der Waals surface area contributed by atoms with Crippen LogP contribution in [0.15, 0.2) is 18.3 Å². The van der Waals surface area contributed by atoms with Gasteiger partial charge in [-0.05, 0) is 38.3 Å². The van der Waals surface area contributed by atoms with Gasteiger partial charge in [0.2, 0.25) is 0 Å². The van der Waals surface area contributed by atoms with E-state index in [4.69, 9.17) is 0 Å². The predicted molar refractivity (Wildman–Crippen MR) is 72.8 cm³/mol. The van der Waals surface area contributed by atoms with Crippen molar-refractivity contribution in [1.82, 2.24) is 10.3 Å². The van der Waals surface area contributed by atoms with Gasteiger partial charge >= 0.3 is 0 Å². The largest absolute Gasteiger partial charge is 0.357 e. The molecule has 0 radical (unpaired) electrons. The van der Waals surface area contributed by atoms with Crippen molar-refractivity contribution in [2.75, 3.05) is 18.0 Å². The quantitative estimate of drug-likeness (QED) is 0.866. The molecule has 1 fully saturated rings. The minimum absolute atomic E-state index is 0.0112. The Bertz CT molecular complexity index is 412. The van der Waals surface area contributed by atoms with Crippen molar-refractivity contribution >= 4 is 11.7 Å². The molecule has 1 saturated carbocycles. The van der Waals surface area contributed by atoms with Crippen LogP contribution >= 0.6 is 0 Å². The van der Waals surface area contributed by atoms with Crippen molar-refractivity contribution in [2.45, 2.75) is 33.2 Å². The third-order valence-electron chi connectivity index (χ3n) is 3.52. The van der Waals surface area contributed by atoms with Gasteiger partial charge in [-0.3, -0.25) is 4.79 Å². The van der Waals surface area contributed by atoms with E-state index in [1.54, 1.807) is 6.20 Å². The van der Waals surface area contributed by atoms with Crippen LogP contribution < -0.4 is 10.2 Å². The van der Waals surface area contributed by atoms with Gasteiger partial charge in [0.15, 0.2) is 0 Å². The van der Waals surface area contributed by atoms with Gasteiger partial charge in [-0.1, -0.05) is 6.92 Å².